The molecule has 0 aliphatic carbocycles. The van der Waals surface area contributed by atoms with Crippen LogP contribution in [0.2, 0.25) is 0 Å². The third-order valence-electron chi connectivity index (χ3n) is 4.88. The third kappa shape index (κ3) is 2.61. The van der Waals surface area contributed by atoms with Gasteiger partial charge in [-0.1, -0.05) is 24.3 Å². The lowest BCUT2D eigenvalue weighted by molar-refractivity contribution is -0.150. The summed E-state index contributed by atoms with van der Waals surface area (Å²) in [5.41, 5.74) is 2.78. The highest BCUT2D eigenvalue weighted by atomic mass is 16.2. The summed E-state index contributed by atoms with van der Waals surface area (Å²) < 4.78 is 0. The molecule has 7 nitrogen and oxygen atoms in total. The summed E-state index contributed by atoms with van der Waals surface area (Å²) in [5, 5.41) is 9.44. The summed E-state index contributed by atoms with van der Waals surface area (Å²) in [6.45, 7) is 2.35. The molecule has 0 bridgehead atoms. The van der Waals surface area contributed by atoms with Crippen molar-refractivity contribution in [2.75, 3.05) is 11.9 Å². The number of Topliss-reactive ketones (excluding diaryl/α,β-unsaturated/α-hetero) is 1. The number of rotatable bonds is 2. The zero-order valence-electron chi connectivity index (χ0n) is 13.8. The number of amides is 2. The van der Waals surface area contributed by atoms with Crippen LogP contribution in [0.4, 0.5) is 5.82 Å². The molecule has 0 saturated carbocycles. The summed E-state index contributed by atoms with van der Waals surface area (Å²) in [5.74, 6) is -1.51. The van der Waals surface area contributed by atoms with Crippen molar-refractivity contribution in [1.29, 1.82) is 0 Å². The fourth-order valence-electron chi connectivity index (χ4n) is 3.75. The summed E-state index contributed by atoms with van der Waals surface area (Å²) in [4.78, 5) is 39.4. The van der Waals surface area contributed by atoms with Crippen LogP contribution in [0.25, 0.3) is 0 Å². The standard InChI is InChI=1S/C18H18N4O3/c1-10-8-14(21-20-10)19-18(25)16-13(23)9-15(24)22-7-6-11-4-2-3-5-12(11)17(16)22/h2-5,8,16-17H,6-7,9H2,1H3,(H2,19,20,21,25)/t16-,17-/m1/s1. The topological polar surface area (TPSA) is 95.2 Å². The number of aromatic nitrogens is 2. The Morgan fingerprint density at radius 1 is 1.32 bits per heavy atom. The first kappa shape index (κ1) is 15.6. The average molecular weight is 338 g/mol. The maximum atomic E-state index is 12.8. The van der Waals surface area contributed by atoms with Gasteiger partial charge in [-0.25, -0.2) is 0 Å². The molecule has 128 valence electrons. The lowest BCUT2D eigenvalue weighted by Crippen LogP contribution is -2.53. The molecule has 0 unspecified atom stereocenters. The van der Waals surface area contributed by atoms with Gasteiger partial charge < -0.3 is 10.2 Å². The minimum absolute atomic E-state index is 0.204. The first-order valence-corrected chi connectivity index (χ1v) is 8.27. The number of nitrogens with one attached hydrogen (secondary N) is 2. The Labute approximate surface area is 144 Å². The molecule has 1 aromatic heterocycles. The molecule has 2 aliphatic heterocycles. The number of carbonyl (C=O) groups excluding carboxylic acids is 3. The predicted molar refractivity (Wildman–Crippen MR) is 89.7 cm³/mol. The molecule has 25 heavy (non-hydrogen) atoms. The van der Waals surface area contributed by atoms with E-state index >= 15 is 0 Å². The lowest BCUT2D eigenvalue weighted by Gasteiger charge is -2.43. The summed E-state index contributed by atoms with van der Waals surface area (Å²) >= 11 is 0. The van der Waals surface area contributed by atoms with Gasteiger partial charge in [-0.3, -0.25) is 19.5 Å². The number of hydrogen-bond donors (Lipinski definition) is 2. The van der Waals surface area contributed by atoms with Crippen molar-refractivity contribution in [3.05, 3.63) is 47.2 Å². The fourth-order valence-corrected chi connectivity index (χ4v) is 3.75. The second kappa shape index (κ2) is 5.84. The number of hydrogen-bond acceptors (Lipinski definition) is 4. The Hall–Kier alpha value is -2.96. The molecule has 3 heterocycles. The third-order valence-corrected chi connectivity index (χ3v) is 4.88. The Bertz CT molecular complexity index is 873. The number of H-pyrrole nitrogens is 1. The van der Waals surface area contributed by atoms with Crippen LogP contribution < -0.4 is 5.32 Å². The van der Waals surface area contributed by atoms with E-state index in [1.165, 1.54) is 0 Å². The number of piperidine rings is 1. The van der Waals surface area contributed by atoms with Gasteiger partial charge >= 0.3 is 0 Å². The number of nitrogens with zero attached hydrogens (tertiary/aromatic N) is 2. The fraction of sp³-hybridized carbons (Fsp3) is 0.333. The smallest absolute Gasteiger partial charge is 0.238 e. The van der Waals surface area contributed by atoms with E-state index < -0.39 is 17.9 Å². The van der Waals surface area contributed by atoms with Crippen molar-refractivity contribution in [2.45, 2.75) is 25.8 Å². The van der Waals surface area contributed by atoms with E-state index in [0.717, 1.165) is 23.2 Å². The van der Waals surface area contributed by atoms with E-state index in [9.17, 15) is 14.4 Å². The highest BCUT2D eigenvalue weighted by Gasteiger charge is 2.47. The zero-order valence-corrected chi connectivity index (χ0v) is 13.8. The molecule has 2 aromatic rings. The quantitative estimate of drug-likeness (QED) is 0.809. The van der Waals surface area contributed by atoms with Crippen molar-refractivity contribution in [3.63, 3.8) is 0 Å². The van der Waals surface area contributed by atoms with Crippen molar-refractivity contribution in [3.8, 4) is 0 Å². The average Bonchev–Trinajstić information content (AvgIpc) is 2.99. The van der Waals surface area contributed by atoms with Gasteiger partial charge in [-0.15, -0.1) is 0 Å². The van der Waals surface area contributed by atoms with Crippen molar-refractivity contribution in [2.24, 2.45) is 5.92 Å². The van der Waals surface area contributed by atoms with Crippen molar-refractivity contribution < 1.29 is 14.4 Å². The van der Waals surface area contributed by atoms with Gasteiger partial charge in [-0.05, 0) is 24.5 Å². The Morgan fingerprint density at radius 3 is 2.88 bits per heavy atom. The maximum Gasteiger partial charge on any atom is 0.238 e. The first-order chi connectivity index (χ1) is 12.0. The molecular formula is C18H18N4O3. The van der Waals surface area contributed by atoms with Crippen molar-refractivity contribution in [1.82, 2.24) is 15.1 Å². The van der Waals surface area contributed by atoms with Crippen LogP contribution in [-0.4, -0.2) is 39.2 Å². The lowest BCUT2D eigenvalue weighted by atomic mass is 9.78. The SMILES string of the molecule is Cc1cc(NC(=O)[C@@H]2C(=O)CC(=O)N3CCc4ccccc4[C@H]23)n[nH]1. The van der Waals surface area contributed by atoms with Gasteiger partial charge in [0.25, 0.3) is 0 Å². The van der Waals surface area contributed by atoms with Gasteiger partial charge in [0.05, 0.1) is 12.5 Å². The zero-order chi connectivity index (χ0) is 17.6. The number of fused-ring (bicyclic) bond motifs is 3. The molecule has 1 aromatic carbocycles. The van der Waals surface area contributed by atoms with Crippen LogP contribution >= 0.6 is 0 Å². The van der Waals surface area contributed by atoms with Gasteiger partial charge in [0.15, 0.2) is 11.6 Å². The molecule has 7 heteroatoms. The van der Waals surface area contributed by atoms with Gasteiger partial charge in [0.1, 0.15) is 5.92 Å². The molecule has 2 N–H and O–H groups in total. The van der Waals surface area contributed by atoms with Crippen LogP contribution in [0.1, 0.15) is 29.3 Å². The van der Waals surface area contributed by atoms with E-state index in [2.05, 4.69) is 15.5 Å². The second-order valence-corrected chi connectivity index (χ2v) is 6.53. The second-order valence-electron chi connectivity index (χ2n) is 6.53. The van der Waals surface area contributed by atoms with Crippen molar-refractivity contribution >= 4 is 23.4 Å². The monoisotopic (exact) mass is 338 g/mol. The molecule has 2 amide bonds. The highest BCUT2D eigenvalue weighted by Crippen LogP contribution is 2.40. The molecule has 0 radical (unpaired) electrons. The number of anilines is 1. The van der Waals surface area contributed by atoms with Gasteiger partial charge in [0, 0.05) is 18.3 Å². The minimum Gasteiger partial charge on any atom is -0.334 e. The van der Waals surface area contributed by atoms with Crippen LogP contribution in [0, 0.1) is 12.8 Å². The van der Waals surface area contributed by atoms with Gasteiger partial charge in [-0.2, -0.15) is 5.10 Å². The summed E-state index contributed by atoms with van der Waals surface area (Å²) in [7, 11) is 0. The number of aryl methyl sites for hydroxylation is 1. The maximum absolute atomic E-state index is 12.8. The van der Waals surface area contributed by atoms with E-state index in [1.807, 2.05) is 31.2 Å². The molecule has 1 fully saturated rings. The molecule has 0 spiro atoms. The molecular weight excluding hydrogens is 320 g/mol. The van der Waals surface area contributed by atoms with E-state index in [0.29, 0.717) is 12.4 Å². The van der Waals surface area contributed by atoms with Crippen LogP contribution in [0.15, 0.2) is 30.3 Å². The number of ketones is 1. The Kier molecular flexibility index (Phi) is 3.63. The molecule has 1 saturated heterocycles. The normalized spacial score (nSPS) is 22.4. The Morgan fingerprint density at radius 2 is 2.12 bits per heavy atom. The Balaban J connectivity index is 1.71. The molecule has 4 rings (SSSR count). The number of aromatic amines is 1. The van der Waals surface area contributed by atoms with Crippen LogP contribution in [0.3, 0.4) is 0 Å². The van der Waals surface area contributed by atoms with Crippen LogP contribution in [-0.2, 0) is 20.8 Å². The first-order valence-electron chi connectivity index (χ1n) is 8.27. The predicted octanol–water partition coefficient (Wildman–Crippen LogP) is 1.37. The van der Waals surface area contributed by atoms with Crippen LogP contribution in [0.5, 0.6) is 0 Å². The number of benzene rings is 1. The summed E-state index contributed by atoms with van der Waals surface area (Å²) in [6, 6.07) is 8.85. The van der Waals surface area contributed by atoms with E-state index in [1.54, 1.807) is 11.0 Å². The van der Waals surface area contributed by atoms with E-state index in [-0.39, 0.29) is 18.1 Å². The largest absolute Gasteiger partial charge is 0.334 e. The van der Waals surface area contributed by atoms with E-state index in [4.69, 9.17) is 0 Å². The van der Waals surface area contributed by atoms with Gasteiger partial charge in [0.2, 0.25) is 11.8 Å². The summed E-state index contributed by atoms with van der Waals surface area (Å²) in [6.07, 6.45) is 0.510. The number of carbonyl (C=O) groups is 3. The minimum atomic E-state index is -0.920. The highest BCUT2D eigenvalue weighted by molar-refractivity contribution is 6.14. The molecule has 2 atom stereocenters. The molecule has 2 aliphatic rings.